The molecule has 176 valence electrons. The van der Waals surface area contributed by atoms with E-state index in [1.54, 1.807) is 20.3 Å². The van der Waals surface area contributed by atoms with Crippen LogP contribution < -0.4 is 19.5 Å². The maximum Gasteiger partial charge on any atom is 0.407 e. The van der Waals surface area contributed by atoms with E-state index in [-0.39, 0.29) is 24.2 Å². The third kappa shape index (κ3) is 4.74. The van der Waals surface area contributed by atoms with E-state index in [1.165, 1.54) is 6.33 Å². The summed E-state index contributed by atoms with van der Waals surface area (Å²) >= 11 is 0. The maximum atomic E-state index is 12.4. The van der Waals surface area contributed by atoms with Gasteiger partial charge < -0.3 is 24.3 Å². The van der Waals surface area contributed by atoms with Crippen LogP contribution >= 0.6 is 0 Å². The predicted octanol–water partition coefficient (Wildman–Crippen LogP) is 4.93. The van der Waals surface area contributed by atoms with Crippen molar-refractivity contribution >= 4 is 17.0 Å². The number of nitrogens with zero attached hydrogens (tertiary/aromatic N) is 2. The summed E-state index contributed by atoms with van der Waals surface area (Å²) in [6, 6.07) is 3.45. The first-order valence-corrected chi connectivity index (χ1v) is 11.3. The van der Waals surface area contributed by atoms with Crippen LogP contribution in [0.1, 0.15) is 46.5 Å². The molecule has 1 heterocycles. The summed E-state index contributed by atoms with van der Waals surface area (Å²) in [6.07, 6.45) is 7.23. The fraction of sp³-hybridized carbons (Fsp3) is 0.480. The molecular weight excluding hydrogens is 422 g/mol. The first-order chi connectivity index (χ1) is 15.9. The Kier molecular flexibility index (Phi) is 6.72. The SMILES string of the molecule is COc1cc2ncnc(OC3=C(C)C(C)[C@H](NC(=O)OC4CCCC4)C(C)=C3)c2cc1OC. The van der Waals surface area contributed by atoms with Gasteiger partial charge in [0, 0.05) is 12.0 Å². The van der Waals surface area contributed by atoms with Gasteiger partial charge in [-0.2, -0.15) is 0 Å². The van der Waals surface area contributed by atoms with Crippen molar-refractivity contribution in [1.82, 2.24) is 15.3 Å². The predicted molar refractivity (Wildman–Crippen MR) is 125 cm³/mol. The largest absolute Gasteiger partial charge is 0.493 e. The van der Waals surface area contributed by atoms with Gasteiger partial charge in [0.25, 0.3) is 0 Å². The van der Waals surface area contributed by atoms with Crippen molar-refractivity contribution in [2.75, 3.05) is 14.2 Å². The molecule has 2 aliphatic rings. The van der Waals surface area contributed by atoms with Gasteiger partial charge in [-0.3, -0.25) is 0 Å². The van der Waals surface area contributed by atoms with Crippen LogP contribution in [0, 0.1) is 5.92 Å². The quantitative estimate of drug-likeness (QED) is 0.663. The molecule has 2 aliphatic carbocycles. The van der Waals surface area contributed by atoms with E-state index in [4.69, 9.17) is 18.9 Å². The number of allylic oxidation sites excluding steroid dienone is 1. The molecular formula is C25H31N3O5. The van der Waals surface area contributed by atoms with Crippen molar-refractivity contribution < 1.29 is 23.7 Å². The second-order valence-corrected chi connectivity index (χ2v) is 8.66. The molecule has 1 unspecified atom stereocenters. The van der Waals surface area contributed by atoms with Crippen molar-refractivity contribution in [3.63, 3.8) is 0 Å². The van der Waals surface area contributed by atoms with Crippen LogP contribution in [0.25, 0.3) is 10.9 Å². The van der Waals surface area contributed by atoms with Crippen molar-refractivity contribution in [1.29, 1.82) is 0 Å². The molecule has 1 aromatic heterocycles. The highest BCUT2D eigenvalue weighted by atomic mass is 16.6. The average molecular weight is 454 g/mol. The molecule has 0 bridgehead atoms. The van der Waals surface area contributed by atoms with Crippen molar-refractivity contribution in [3.8, 4) is 17.4 Å². The van der Waals surface area contributed by atoms with Gasteiger partial charge in [0.2, 0.25) is 5.88 Å². The Balaban J connectivity index is 1.55. The lowest BCUT2D eigenvalue weighted by Gasteiger charge is -2.31. The average Bonchev–Trinajstić information content (AvgIpc) is 3.32. The van der Waals surface area contributed by atoms with Crippen LogP contribution in [-0.2, 0) is 4.74 Å². The molecule has 2 atom stereocenters. The van der Waals surface area contributed by atoms with Crippen LogP contribution in [0.15, 0.2) is 41.4 Å². The third-order valence-corrected chi connectivity index (χ3v) is 6.58. The Hall–Kier alpha value is -3.29. The van der Waals surface area contributed by atoms with E-state index in [0.29, 0.717) is 28.7 Å². The fourth-order valence-corrected chi connectivity index (χ4v) is 4.49. The second-order valence-electron chi connectivity index (χ2n) is 8.66. The molecule has 8 nitrogen and oxygen atoms in total. The van der Waals surface area contributed by atoms with Crippen LogP contribution in [0.3, 0.4) is 0 Å². The standard InChI is InChI=1S/C25H31N3O5/c1-14-10-20(15(2)16(3)23(14)28-25(29)32-17-8-6-7-9-17)33-24-18-11-21(30-4)22(31-5)12-19(18)26-13-27-24/h10-13,16-17,23H,6-9H2,1-5H3,(H,28,29)/t16?,23-/m1/s1. The van der Waals surface area contributed by atoms with Crippen molar-refractivity contribution in [2.24, 2.45) is 5.92 Å². The number of aromatic nitrogens is 2. The molecule has 0 saturated heterocycles. The summed E-state index contributed by atoms with van der Waals surface area (Å²) in [6.45, 7) is 6.06. The molecule has 2 aromatic rings. The van der Waals surface area contributed by atoms with Gasteiger partial charge in [0.05, 0.1) is 31.2 Å². The Bertz CT molecular complexity index is 1100. The van der Waals surface area contributed by atoms with Gasteiger partial charge in [0.15, 0.2) is 11.5 Å². The van der Waals surface area contributed by atoms with E-state index >= 15 is 0 Å². The number of methoxy groups -OCH3 is 2. The maximum absolute atomic E-state index is 12.4. The molecule has 1 saturated carbocycles. The molecule has 0 radical (unpaired) electrons. The van der Waals surface area contributed by atoms with Gasteiger partial charge >= 0.3 is 6.09 Å². The minimum Gasteiger partial charge on any atom is -0.493 e. The van der Waals surface area contributed by atoms with Crippen molar-refractivity contribution in [3.05, 3.63) is 41.4 Å². The molecule has 1 amide bonds. The number of hydrogen-bond donors (Lipinski definition) is 1. The van der Waals surface area contributed by atoms with Crippen LogP contribution in [-0.4, -0.2) is 42.4 Å². The van der Waals surface area contributed by atoms with Gasteiger partial charge in [0.1, 0.15) is 18.2 Å². The first kappa shape index (κ1) is 22.9. The zero-order valence-electron chi connectivity index (χ0n) is 19.8. The summed E-state index contributed by atoms with van der Waals surface area (Å²) in [4.78, 5) is 21.1. The fourth-order valence-electron chi connectivity index (χ4n) is 4.49. The molecule has 0 spiro atoms. The second kappa shape index (κ2) is 9.68. The highest BCUT2D eigenvalue weighted by Crippen LogP contribution is 2.37. The molecule has 33 heavy (non-hydrogen) atoms. The number of rotatable bonds is 6. The van der Waals surface area contributed by atoms with Gasteiger partial charge in [-0.15, -0.1) is 0 Å². The highest BCUT2D eigenvalue weighted by molar-refractivity contribution is 5.87. The zero-order chi connectivity index (χ0) is 23.5. The summed E-state index contributed by atoms with van der Waals surface area (Å²) < 4.78 is 22.7. The van der Waals surface area contributed by atoms with Crippen LogP contribution in [0.2, 0.25) is 0 Å². The zero-order valence-corrected chi connectivity index (χ0v) is 19.8. The molecule has 1 N–H and O–H groups in total. The van der Waals surface area contributed by atoms with Gasteiger partial charge in [-0.25, -0.2) is 14.8 Å². The number of alkyl carbamates (subject to hydrolysis) is 1. The Morgan fingerprint density at radius 1 is 1.06 bits per heavy atom. The smallest absolute Gasteiger partial charge is 0.407 e. The lowest BCUT2D eigenvalue weighted by atomic mass is 9.84. The number of hydrogen-bond acceptors (Lipinski definition) is 7. The summed E-state index contributed by atoms with van der Waals surface area (Å²) in [5.41, 5.74) is 2.69. The molecule has 4 rings (SSSR count). The minimum absolute atomic E-state index is 0.0314. The van der Waals surface area contributed by atoms with Gasteiger partial charge in [-0.1, -0.05) is 6.92 Å². The number of ether oxygens (including phenoxy) is 4. The third-order valence-electron chi connectivity index (χ3n) is 6.58. The minimum atomic E-state index is -0.355. The number of nitrogens with one attached hydrogen (secondary N) is 1. The summed E-state index contributed by atoms with van der Waals surface area (Å²) in [7, 11) is 3.17. The van der Waals surface area contributed by atoms with E-state index in [9.17, 15) is 4.79 Å². The number of amides is 1. The molecule has 1 aromatic carbocycles. The highest BCUT2D eigenvalue weighted by Gasteiger charge is 2.30. The van der Waals surface area contributed by atoms with E-state index < -0.39 is 0 Å². The van der Waals surface area contributed by atoms with Crippen LogP contribution in [0.4, 0.5) is 4.79 Å². The number of carbonyl (C=O) groups is 1. The Morgan fingerprint density at radius 3 is 2.45 bits per heavy atom. The molecule has 8 heteroatoms. The van der Waals surface area contributed by atoms with E-state index in [2.05, 4.69) is 22.2 Å². The van der Waals surface area contributed by atoms with Crippen LogP contribution in [0.5, 0.6) is 17.4 Å². The van der Waals surface area contributed by atoms with Crippen molar-refractivity contribution in [2.45, 2.75) is 58.6 Å². The monoisotopic (exact) mass is 453 g/mol. The summed E-state index contributed by atoms with van der Waals surface area (Å²) in [5, 5.41) is 3.76. The summed E-state index contributed by atoms with van der Waals surface area (Å²) in [5.74, 6) is 2.33. The molecule has 1 fully saturated rings. The number of carbonyl (C=O) groups excluding carboxylic acids is 1. The van der Waals surface area contributed by atoms with Gasteiger partial charge in [-0.05, 0) is 62.8 Å². The lowest BCUT2D eigenvalue weighted by Crippen LogP contribution is -2.43. The normalized spacial score (nSPS) is 21.1. The lowest BCUT2D eigenvalue weighted by molar-refractivity contribution is 0.0973. The Morgan fingerprint density at radius 2 is 1.76 bits per heavy atom. The number of benzene rings is 1. The van der Waals surface area contributed by atoms with E-state index in [1.807, 2.05) is 26.0 Å². The number of fused-ring (bicyclic) bond motifs is 1. The first-order valence-electron chi connectivity index (χ1n) is 11.3. The van der Waals surface area contributed by atoms with E-state index in [0.717, 1.165) is 42.2 Å². The Labute approximate surface area is 194 Å². The topological polar surface area (TPSA) is 91.8 Å². The molecule has 0 aliphatic heterocycles.